The lowest BCUT2D eigenvalue weighted by molar-refractivity contribution is 0.199. The van der Waals surface area contributed by atoms with Gasteiger partial charge in [0, 0.05) is 0 Å². The second-order valence-electron chi connectivity index (χ2n) is 2.91. The maximum atomic E-state index is 9.28. The van der Waals surface area contributed by atoms with Crippen molar-refractivity contribution in [1.82, 2.24) is 0 Å². The molecule has 0 aromatic heterocycles. The van der Waals surface area contributed by atoms with Gasteiger partial charge in [0.25, 0.3) is 0 Å². The molecule has 1 rings (SSSR count). The van der Waals surface area contributed by atoms with E-state index in [1.165, 1.54) is 0 Å². The predicted octanol–water partition coefficient (Wildman–Crippen LogP) is 2.06. The van der Waals surface area contributed by atoms with Crippen molar-refractivity contribution in [2.24, 2.45) is 0 Å². The number of hydrogen-bond acceptors (Lipinski definition) is 2. The summed E-state index contributed by atoms with van der Waals surface area (Å²) in [5, 5.41) is 9.28. The summed E-state index contributed by atoms with van der Waals surface area (Å²) >= 11 is 0. The van der Waals surface area contributed by atoms with E-state index in [-0.39, 0.29) is 0 Å². The zero-order valence-corrected chi connectivity index (χ0v) is 7.66. The molecule has 1 aromatic carbocycles. The van der Waals surface area contributed by atoms with Gasteiger partial charge in [-0.3, -0.25) is 0 Å². The Labute approximate surface area is 72.8 Å². The largest absolute Gasteiger partial charge is 0.496 e. The zero-order valence-electron chi connectivity index (χ0n) is 7.66. The molecule has 0 amide bonds. The highest BCUT2D eigenvalue weighted by molar-refractivity contribution is 5.37. The molecule has 0 aliphatic carbocycles. The van der Waals surface area contributed by atoms with Crippen molar-refractivity contribution < 1.29 is 9.84 Å². The van der Waals surface area contributed by atoms with Gasteiger partial charge in [0.15, 0.2) is 0 Å². The van der Waals surface area contributed by atoms with Crippen molar-refractivity contribution in [2.75, 3.05) is 7.11 Å². The second kappa shape index (κ2) is 3.59. The summed E-state index contributed by atoms with van der Waals surface area (Å²) in [5.41, 5.74) is 1.97. The average molecular weight is 166 g/mol. The summed E-state index contributed by atoms with van der Waals surface area (Å²) in [5.74, 6) is 0.827. The standard InChI is InChI=1S/C10H14O2/c1-7-4-5-9(8(2)11)6-10(7)12-3/h4-6,8,11H,1-3H3/t8-/m1/s1. The molecule has 1 atom stereocenters. The molecule has 12 heavy (non-hydrogen) atoms. The van der Waals surface area contributed by atoms with Crippen molar-refractivity contribution in [3.63, 3.8) is 0 Å². The first-order valence-electron chi connectivity index (χ1n) is 3.97. The number of rotatable bonds is 2. The van der Waals surface area contributed by atoms with E-state index in [4.69, 9.17) is 4.74 Å². The normalized spacial score (nSPS) is 12.7. The summed E-state index contributed by atoms with van der Waals surface area (Å²) in [4.78, 5) is 0. The molecule has 0 aliphatic heterocycles. The van der Waals surface area contributed by atoms with Gasteiger partial charge in [-0.25, -0.2) is 0 Å². The van der Waals surface area contributed by atoms with Gasteiger partial charge in [0.2, 0.25) is 0 Å². The second-order valence-corrected chi connectivity index (χ2v) is 2.91. The van der Waals surface area contributed by atoms with Gasteiger partial charge in [0.1, 0.15) is 5.75 Å². The number of aliphatic hydroxyl groups is 1. The highest BCUT2D eigenvalue weighted by Gasteiger charge is 2.03. The van der Waals surface area contributed by atoms with Crippen LogP contribution >= 0.6 is 0 Å². The number of benzene rings is 1. The SMILES string of the molecule is COc1cc([C@@H](C)O)ccc1C. The van der Waals surface area contributed by atoms with Crippen LogP contribution in [0.3, 0.4) is 0 Å². The summed E-state index contributed by atoms with van der Waals surface area (Å²) in [7, 11) is 1.63. The minimum atomic E-state index is -0.431. The monoisotopic (exact) mass is 166 g/mol. The number of hydrogen-bond donors (Lipinski definition) is 1. The topological polar surface area (TPSA) is 29.5 Å². The Morgan fingerprint density at radius 1 is 1.42 bits per heavy atom. The van der Waals surface area contributed by atoms with Gasteiger partial charge in [0.05, 0.1) is 13.2 Å². The molecular weight excluding hydrogens is 152 g/mol. The quantitative estimate of drug-likeness (QED) is 0.728. The average Bonchev–Trinajstić information content (AvgIpc) is 2.05. The molecule has 0 saturated heterocycles. The fourth-order valence-corrected chi connectivity index (χ4v) is 1.10. The molecule has 66 valence electrons. The lowest BCUT2D eigenvalue weighted by atomic mass is 10.1. The van der Waals surface area contributed by atoms with Gasteiger partial charge < -0.3 is 9.84 Å². The summed E-state index contributed by atoms with van der Waals surface area (Å²) in [6.45, 7) is 3.72. The van der Waals surface area contributed by atoms with Crippen LogP contribution in [0.15, 0.2) is 18.2 Å². The third-order valence-corrected chi connectivity index (χ3v) is 1.91. The Morgan fingerprint density at radius 2 is 2.08 bits per heavy atom. The van der Waals surface area contributed by atoms with Crippen LogP contribution in [0.5, 0.6) is 5.75 Å². The molecule has 2 nitrogen and oxygen atoms in total. The Morgan fingerprint density at radius 3 is 2.58 bits per heavy atom. The molecule has 1 aromatic rings. The van der Waals surface area contributed by atoms with Gasteiger partial charge in [-0.2, -0.15) is 0 Å². The van der Waals surface area contributed by atoms with Crippen molar-refractivity contribution in [3.8, 4) is 5.75 Å². The van der Waals surface area contributed by atoms with E-state index in [1.54, 1.807) is 14.0 Å². The molecule has 2 heteroatoms. The Balaban J connectivity index is 3.05. The van der Waals surface area contributed by atoms with Crippen LogP contribution in [0.1, 0.15) is 24.2 Å². The van der Waals surface area contributed by atoms with Crippen LogP contribution in [-0.2, 0) is 0 Å². The maximum absolute atomic E-state index is 9.28. The van der Waals surface area contributed by atoms with Crippen LogP contribution in [0, 0.1) is 6.92 Å². The van der Waals surface area contributed by atoms with E-state index in [2.05, 4.69) is 0 Å². The number of aryl methyl sites for hydroxylation is 1. The third kappa shape index (κ3) is 1.77. The van der Waals surface area contributed by atoms with E-state index in [0.29, 0.717) is 0 Å². The first-order chi connectivity index (χ1) is 5.65. The van der Waals surface area contributed by atoms with Gasteiger partial charge in [-0.15, -0.1) is 0 Å². The molecular formula is C10H14O2. The Kier molecular flexibility index (Phi) is 2.71. The molecule has 0 bridgehead atoms. The fraction of sp³-hybridized carbons (Fsp3) is 0.400. The van der Waals surface area contributed by atoms with Gasteiger partial charge in [-0.05, 0) is 31.0 Å². The van der Waals surface area contributed by atoms with E-state index < -0.39 is 6.10 Å². The highest BCUT2D eigenvalue weighted by atomic mass is 16.5. The number of aliphatic hydroxyl groups excluding tert-OH is 1. The molecule has 0 saturated carbocycles. The van der Waals surface area contributed by atoms with Crippen molar-refractivity contribution in [1.29, 1.82) is 0 Å². The minimum Gasteiger partial charge on any atom is -0.496 e. The van der Waals surface area contributed by atoms with Crippen molar-refractivity contribution in [2.45, 2.75) is 20.0 Å². The van der Waals surface area contributed by atoms with Crippen LogP contribution < -0.4 is 4.74 Å². The minimum absolute atomic E-state index is 0.431. The molecule has 0 fully saturated rings. The zero-order chi connectivity index (χ0) is 9.14. The van der Waals surface area contributed by atoms with Crippen LogP contribution in [0.4, 0.5) is 0 Å². The fourth-order valence-electron chi connectivity index (χ4n) is 1.10. The van der Waals surface area contributed by atoms with Crippen LogP contribution in [0.2, 0.25) is 0 Å². The number of methoxy groups -OCH3 is 1. The highest BCUT2D eigenvalue weighted by Crippen LogP contribution is 2.22. The van der Waals surface area contributed by atoms with Crippen LogP contribution in [0.25, 0.3) is 0 Å². The van der Waals surface area contributed by atoms with Crippen molar-refractivity contribution in [3.05, 3.63) is 29.3 Å². The first-order valence-corrected chi connectivity index (χ1v) is 3.97. The first kappa shape index (κ1) is 9.07. The molecule has 0 heterocycles. The molecule has 0 radical (unpaired) electrons. The van der Waals surface area contributed by atoms with E-state index in [1.807, 2.05) is 25.1 Å². The molecule has 0 spiro atoms. The lowest BCUT2D eigenvalue weighted by Gasteiger charge is -2.09. The van der Waals surface area contributed by atoms with Crippen molar-refractivity contribution >= 4 is 0 Å². The van der Waals surface area contributed by atoms with Crippen LogP contribution in [-0.4, -0.2) is 12.2 Å². The van der Waals surface area contributed by atoms with E-state index >= 15 is 0 Å². The van der Waals surface area contributed by atoms with E-state index in [9.17, 15) is 5.11 Å². The Bertz CT molecular complexity index is 267. The number of ether oxygens (including phenoxy) is 1. The molecule has 1 N–H and O–H groups in total. The molecule has 0 aliphatic rings. The van der Waals surface area contributed by atoms with Gasteiger partial charge in [-0.1, -0.05) is 12.1 Å². The third-order valence-electron chi connectivity index (χ3n) is 1.91. The maximum Gasteiger partial charge on any atom is 0.122 e. The Hall–Kier alpha value is -1.02. The van der Waals surface area contributed by atoms with Gasteiger partial charge >= 0.3 is 0 Å². The lowest BCUT2D eigenvalue weighted by Crippen LogP contribution is -1.93. The predicted molar refractivity (Wildman–Crippen MR) is 48.4 cm³/mol. The smallest absolute Gasteiger partial charge is 0.122 e. The summed E-state index contributed by atoms with van der Waals surface area (Å²) in [6, 6.07) is 5.71. The molecule has 0 unspecified atom stereocenters. The summed E-state index contributed by atoms with van der Waals surface area (Å²) < 4.78 is 5.12. The summed E-state index contributed by atoms with van der Waals surface area (Å²) in [6.07, 6.45) is -0.431. The van der Waals surface area contributed by atoms with E-state index in [0.717, 1.165) is 16.9 Å².